The van der Waals surface area contributed by atoms with Gasteiger partial charge in [-0.2, -0.15) is 0 Å². The van der Waals surface area contributed by atoms with Gasteiger partial charge >= 0.3 is 0 Å². The van der Waals surface area contributed by atoms with Crippen molar-refractivity contribution in [3.05, 3.63) is 84.4 Å². The molecule has 3 aromatic carbocycles. The Hall–Kier alpha value is -2.87. The summed E-state index contributed by atoms with van der Waals surface area (Å²) in [4.78, 5) is 4.30. The topological polar surface area (TPSA) is 32.6 Å². The first-order chi connectivity index (χ1) is 10.3. The van der Waals surface area contributed by atoms with Crippen LogP contribution in [0.3, 0.4) is 0 Å². The molecule has 3 rings (SSSR count). The van der Waals surface area contributed by atoms with Gasteiger partial charge in [0.15, 0.2) is 0 Å². The zero-order valence-corrected chi connectivity index (χ0v) is 11.5. The molecule has 0 aliphatic rings. The summed E-state index contributed by atoms with van der Waals surface area (Å²) in [7, 11) is 0. The van der Waals surface area contributed by atoms with Crippen molar-refractivity contribution in [2.75, 3.05) is 0 Å². The fourth-order valence-corrected chi connectivity index (χ4v) is 2.11. The second kappa shape index (κ2) is 6.06. The number of aromatic hydroxyl groups is 1. The van der Waals surface area contributed by atoms with Crippen LogP contribution in [-0.4, -0.2) is 11.3 Å². The van der Waals surface area contributed by atoms with Gasteiger partial charge in [0.2, 0.25) is 0 Å². The predicted molar refractivity (Wildman–Crippen MR) is 87.2 cm³/mol. The number of nitrogens with zero attached hydrogens (tertiary/aromatic N) is 1. The van der Waals surface area contributed by atoms with Gasteiger partial charge in [-0.25, -0.2) is 0 Å². The summed E-state index contributed by atoms with van der Waals surface area (Å²) in [6.07, 6.45) is 1.75. The van der Waals surface area contributed by atoms with Crippen LogP contribution in [0.1, 0.15) is 5.56 Å². The first kappa shape index (κ1) is 13.1. The molecule has 0 aliphatic heterocycles. The molecule has 0 saturated carbocycles. The van der Waals surface area contributed by atoms with E-state index in [4.69, 9.17) is 0 Å². The van der Waals surface area contributed by atoms with E-state index in [0.29, 0.717) is 5.69 Å². The maximum absolute atomic E-state index is 9.67. The molecule has 3 aromatic rings. The molecule has 0 aromatic heterocycles. The molecule has 0 radical (unpaired) electrons. The Morgan fingerprint density at radius 2 is 1.29 bits per heavy atom. The molecule has 21 heavy (non-hydrogen) atoms. The van der Waals surface area contributed by atoms with Crippen LogP contribution in [0, 0.1) is 0 Å². The molecule has 0 spiro atoms. The Balaban J connectivity index is 1.81. The second-order valence-corrected chi connectivity index (χ2v) is 4.73. The van der Waals surface area contributed by atoms with Crippen LogP contribution in [0.5, 0.6) is 5.75 Å². The number of phenols is 1. The lowest BCUT2D eigenvalue weighted by Crippen LogP contribution is -1.82. The summed E-state index contributed by atoms with van der Waals surface area (Å²) in [5.74, 6) is 0.189. The van der Waals surface area contributed by atoms with Crippen molar-refractivity contribution < 1.29 is 5.11 Å². The number of phenolic OH excluding ortho intramolecular Hbond substituents is 1. The molecule has 102 valence electrons. The number of hydrogen-bond donors (Lipinski definition) is 1. The molecule has 0 aliphatic carbocycles. The summed E-state index contributed by atoms with van der Waals surface area (Å²) >= 11 is 0. The Labute approximate surface area is 124 Å². The van der Waals surface area contributed by atoms with Gasteiger partial charge in [0, 0.05) is 6.21 Å². The van der Waals surface area contributed by atoms with E-state index in [1.165, 1.54) is 11.1 Å². The van der Waals surface area contributed by atoms with Gasteiger partial charge in [0.1, 0.15) is 11.4 Å². The van der Waals surface area contributed by atoms with Gasteiger partial charge in [-0.05, 0) is 28.8 Å². The molecule has 2 heteroatoms. The molecular weight excluding hydrogens is 258 g/mol. The Morgan fingerprint density at radius 1 is 0.667 bits per heavy atom. The minimum atomic E-state index is 0.189. The van der Waals surface area contributed by atoms with Crippen molar-refractivity contribution in [3.8, 4) is 16.9 Å². The fraction of sp³-hybridized carbons (Fsp3) is 0. The van der Waals surface area contributed by atoms with E-state index in [1.807, 2.05) is 36.4 Å². The highest BCUT2D eigenvalue weighted by Gasteiger charge is 1.97. The summed E-state index contributed by atoms with van der Waals surface area (Å²) in [5.41, 5.74) is 3.94. The predicted octanol–water partition coefficient (Wildman–Crippen LogP) is 4.81. The first-order valence-electron chi connectivity index (χ1n) is 6.80. The molecule has 0 saturated heterocycles. The number of hydrogen-bond acceptors (Lipinski definition) is 2. The van der Waals surface area contributed by atoms with E-state index in [-0.39, 0.29) is 5.75 Å². The zero-order chi connectivity index (χ0) is 14.5. The molecule has 0 bridgehead atoms. The minimum Gasteiger partial charge on any atom is -0.506 e. The van der Waals surface area contributed by atoms with Crippen LogP contribution < -0.4 is 0 Å². The van der Waals surface area contributed by atoms with Crippen molar-refractivity contribution in [1.29, 1.82) is 0 Å². The number of aliphatic imine (C=N–C) groups is 1. The molecule has 0 unspecified atom stereocenters. The SMILES string of the molecule is Oc1ccccc1N=Cc1ccc(-c2ccccc2)cc1. The second-order valence-electron chi connectivity index (χ2n) is 4.73. The van der Waals surface area contributed by atoms with Crippen LogP contribution in [0.2, 0.25) is 0 Å². The molecule has 0 amide bonds. The molecule has 1 N–H and O–H groups in total. The third-order valence-corrected chi connectivity index (χ3v) is 3.25. The lowest BCUT2D eigenvalue weighted by Gasteiger charge is -2.02. The fourth-order valence-electron chi connectivity index (χ4n) is 2.11. The summed E-state index contributed by atoms with van der Waals surface area (Å²) in [6.45, 7) is 0. The minimum absolute atomic E-state index is 0.189. The first-order valence-corrected chi connectivity index (χ1v) is 6.80. The molecular formula is C19H15NO. The average Bonchev–Trinajstić information content (AvgIpc) is 2.55. The third-order valence-electron chi connectivity index (χ3n) is 3.25. The maximum Gasteiger partial charge on any atom is 0.141 e. The van der Waals surface area contributed by atoms with Gasteiger partial charge in [0.05, 0.1) is 0 Å². The average molecular weight is 273 g/mol. The van der Waals surface area contributed by atoms with Gasteiger partial charge in [-0.3, -0.25) is 4.99 Å². The highest BCUT2D eigenvalue weighted by atomic mass is 16.3. The van der Waals surface area contributed by atoms with E-state index >= 15 is 0 Å². The Kier molecular flexibility index (Phi) is 3.79. The van der Waals surface area contributed by atoms with Gasteiger partial charge in [-0.1, -0.05) is 66.7 Å². The van der Waals surface area contributed by atoms with Crippen LogP contribution in [0.15, 0.2) is 83.9 Å². The molecule has 0 heterocycles. The quantitative estimate of drug-likeness (QED) is 0.682. The number of benzene rings is 3. The highest BCUT2D eigenvalue weighted by Crippen LogP contribution is 2.25. The normalized spacial score (nSPS) is 10.9. The van der Waals surface area contributed by atoms with Crippen molar-refractivity contribution in [2.45, 2.75) is 0 Å². The summed E-state index contributed by atoms with van der Waals surface area (Å²) < 4.78 is 0. The highest BCUT2D eigenvalue weighted by molar-refractivity contribution is 5.83. The lowest BCUT2D eigenvalue weighted by molar-refractivity contribution is 0.477. The molecule has 2 nitrogen and oxygen atoms in total. The monoisotopic (exact) mass is 273 g/mol. The van der Waals surface area contributed by atoms with Crippen LogP contribution >= 0.6 is 0 Å². The standard InChI is InChI=1S/C19H15NO/c21-19-9-5-4-8-18(19)20-14-15-10-12-17(13-11-15)16-6-2-1-3-7-16/h1-14,21H. The van der Waals surface area contributed by atoms with Gasteiger partial charge < -0.3 is 5.11 Å². The van der Waals surface area contributed by atoms with Gasteiger partial charge in [0.25, 0.3) is 0 Å². The summed E-state index contributed by atoms with van der Waals surface area (Å²) in [5, 5.41) is 9.67. The van der Waals surface area contributed by atoms with E-state index < -0.39 is 0 Å². The lowest BCUT2D eigenvalue weighted by atomic mass is 10.0. The van der Waals surface area contributed by atoms with E-state index in [1.54, 1.807) is 24.4 Å². The van der Waals surface area contributed by atoms with Crippen LogP contribution in [-0.2, 0) is 0 Å². The summed E-state index contributed by atoms with van der Waals surface area (Å²) in [6, 6.07) is 25.5. The van der Waals surface area contributed by atoms with Crippen LogP contribution in [0.4, 0.5) is 5.69 Å². The van der Waals surface area contributed by atoms with E-state index in [0.717, 1.165) is 5.56 Å². The van der Waals surface area contributed by atoms with Gasteiger partial charge in [-0.15, -0.1) is 0 Å². The van der Waals surface area contributed by atoms with Crippen molar-refractivity contribution in [2.24, 2.45) is 4.99 Å². The number of para-hydroxylation sites is 2. The Bertz CT molecular complexity index is 746. The van der Waals surface area contributed by atoms with Crippen molar-refractivity contribution in [3.63, 3.8) is 0 Å². The largest absolute Gasteiger partial charge is 0.506 e. The Morgan fingerprint density at radius 3 is 2.00 bits per heavy atom. The third kappa shape index (κ3) is 3.18. The van der Waals surface area contributed by atoms with Crippen molar-refractivity contribution in [1.82, 2.24) is 0 Å². The number of rotatable bonds is 3. The zero-order valence-electron chi connectivity index (χ0n) is 11.5. The maximum atomic E-state index is 9.67. The van der Waals surface area contributed by atoms with Crippen LogP contribution in [0.25, 0.3) is 11.1 Å². The van der Waals surface area contributed by atoms with E-state index in [9.17, 15) is 5.11 Å². The van der Waals surface area contributed by atoms with E-state index in [2.05, 4.69) is 29.3 Å². The van der Waals surface area contributed by atoms with Crippen molar-refractivity contribution >= 4 is 11.9 Å². The molecule has 0 fully saturated rings. The molecule has 0 atom stereocenters. The smallest absolute Gasteiger partial charge is 0.141 e.